The van der Waals surface area contributed by atoms with E-state index in [9.17, 15) is 0 Å². The van der Waals surface area contributed by atoms with Crippen LogP contribution in [0.15, 0.2) is 150 Å². The third-order valence-electron chi connectivity index (χ3n) is 13.7. The minimum absolute atomic E-state index is 0.0476. The maximum Gasteiger partial charge on any atom is 0.333 e. The van der Waals surface area contributed by atoms with Crippen LogP contribution in [0.3, 0.4) is 0 Å². The summed E-state index contributed by atoms with van der Waals surface area (Å²) >= 11 is 0. The third-order valence-corrected chi connectivity index (χ3v) is 13.7. The van der Waals surface area contributed by atoms with Gasteiger partial charge in [-0.05, 0) is 109 Å². The number of anilines is 2. The van der Waals surface area contributed by atoms with Crippen LogP contribution in [0, 0.1) is 0 Å². The molecule has 3 aliphatic rings. The van der Waals surface area contributed by atoms with Gasteiger partial charge in [-0.25, -0.2) is 0 Å². The molecule has 0 spiro atoms. The van der Waals surface area contributed by atoms with E-state index in [0.717, 1.165) is 21.9 Å². The fourth-order valence-electron chi connectivity index (χ4n) is 11.0. The summed E-state index contributed by atoms with van der Waals surface area (Å²) in [5.74, 6) is 0. The summed E-state index contributed by atoms with van der Waals surface area (Å²) in [5.41, 5.74) is 20.0. The summed E-state index contributed by atoms with van der Waals surface area (Å²) in [7, 11) is 0. The maximum atomic E-state index is 6.71. The van der Waals surface area contributed by atoms with Crippen LogP contribution in [0.2, 0.25) is 0 Å². The number of para-hydroxylation sites is 1. The van der Waals surface area contributed by atoms with Crippen molar-refractivity contribution in [3.05, 3.63) is 162 Å². The standard InChI is InChI=1S/C53H39BN2O/c1-52(2,3)32-18-20-33(21-19-32)56-44-27-31-13-7-6-12-30(31)26-38(44)35-22-23-37-49-43(25-24-41-48(49)36-15-8-10-16-40(36)53(41,4)5)55-45-28-39-34-14-9-11-17-46(34)57-47(39)29-42(45)54(56)50(35)51(37)55/h6-29H,1-5H3. The highest BCUT2D eigenvalue weighted by Gasteiger charge is 2.46. The number of hydrogen-bond donors (Lipinski definition) is 0. The smallest absolute Gasteiger partial charge is 0.333 e. The van der Waals surface area contributed by atoms with Crippen LogP contribution < -0.4 is 15.7 Å². The molecule has 0 unspecified atom stereocenters. The van der Waals surface area contributed by atoms with Crippen LogP contribution in [0.25, 0.3) is 82.5 Å². The molecule has 3 nitrogen and oxygen atoms in total. The molecule has 2 aliphatic heterocycles. The molecule has 0 saturated carbocycles. The first kappa shape index (κ1) is 31.7. The normalized spacial score (nSPS) is 14.8. The van der Waals surface area contributed by atoms with Gasteiger partial charge in [-0.1, -0.05) is 132 Å². The third kappa shape index (κ3) is 3.93. The average molecular weight is 731 g/mol. The number of furan rings is 1. The molecule has 57 heavy (non-hydrogen) atoms. The summed E-state index contributed by atoms with van der Waals surface area (Å²) < 4.78 is 9.31. The molecule has 0 atom stereocenters. The highest BCUT2D eigenvalue weighted by Crippen LogP contribution is 2.54. The van der Waals surface area contributed by atoms with E-state index in [1.54, 1.807) is 0 Å². The number of aromatic nitrogens is 1. The van der Waals surface area contributed by atoms with Crippen molar-refractivity contribution in [3.63, 3.8) is 0 Å². The minimum atomic E-state index is -0.0981. The Kier molecular flexibility index (Phi) is 5.81. The number of hydrogen-bond acceptors (Lipinski definition) is 2. The van der Waals surface area contributed by atoms with Gasteiger partial charge in [-0.15, -0.1) is 0 Å². The minimum Gasteiger partial charge on any atom is -0.456 e. The van der Waals surface area contributed by atoms with Gasteiger partial charge in [0.25, 0.3) is 0 Å². The Balaban J connectivity index is 1.23. The van der Waals surface area contributed by atoms with Crippen molar-refractivity contribution in [1.29, 1.82) is 0 Å². The predicted octanol–water partition coefficient (Wildman–Crippen LogP) is 12.7. The lowest BCUT2D eigenvalue weighted by Crippen LogP contribution is -2.60. The molecular weight excluding hydrogens is 691 g/mol. The van der Waals surface area contributed by atoms with Crippen LogP contribution in [0.5, 0.6) is 0 Å². The molecule has 4 heterocycles. The van der Waals surface area contributed by atoms with Crippen molar-refractivity contribution in [1.82, 2.24) is 4.57 Å². The second-order valence-electron chi connectivity index (χ2n) is 18.1. The second-order valence-corrected chi connectivity index (χ2v) is 18.1. The largest absolute Gasteiger partial charge is 0.456 e. The highest BCUT2D eigenvalue weighted by molar-refractivity contribution is 6.94. The predicted molar refractivity (Wildman–Crippen MR) is 241 cm³/mol. The molecule has 0 N–H and O–H groups in total. The van der Waals surface area contributed by atoms with Gasteiger partial charge in [0, 0.05) is 49.6 Å². The zero-order chi connectivity index (χ0) is 38.1. The van der Waals surface area contributed by atoms with E-state index in [2.05, 4.69) is 190 Å². The van der Waals surface area contributed by atoms with Gasteiger partial charge in [0.15, 0.2) is 0 Å². The zero-order valence-electron chi connectivity index (χ0n) is 32.7. The zero-order valence-corrected chi connectivity index (χ0v) is 32.7. The SMILES string of the molecule is CC(C)(C)c1ccc(N2B3c4cc5oc6ccccc6c5cc4-n4c5ccc6c(c5c5ccc(c3c54)-c3cc4ccccc4cc32)-c2ccccc2C6(C)C)cc1. The van der Waals surface area contributed by atoms with Crippen LogP contribution in [0.1, 0.15) is 51.3 Å². The molecule has 10 aromatic rings. The number of benzene rings is 8. The van der Waals surface area contributed by atoms with Crippen molar-refractivity contribution >= 4 is 83.7 Å². The number of fused-ring (bicyclic) bond motifs is 16. The Hall–Kier alpha value is -6.52. The molecule has 0 amide bonds. The van der Waals surface area contributed by atoms with E-state index in [4.69, 9.17) is 4.42 Å². The van der Waals surface area contributed by atoms with E-state index in [0.29, 0.717) is 0 Å². The number of nitrogens with zero attached hydrogens (tertiary/aromatic N) is 2. The van der Waals surface area contributed by atoms with Gasteiger partial charge in [0.1, 0.15) is 11.2 Å². The van der Waals surface area contributed by atoms with Crippen LogP contribution in [-0.2, 0) is 10.8 Å². The first-order valence-electron chi connectivity index (χ1n) is 20.3. The molecule has 1 aliphatic carbocycles. The summed E-state index contributed by atoms with van der Waals surface area (Å²) in [4.78, 5) is 2.63. The van der Waals surface area contributed by atoms with Gasteiger partial charge in [-0.3, -0.25) is 0 Å². The Labute approximate surface area is 331 Å². The quantitative estimate of drug-likeness (QED) is 0.157. The molecule has 0 saturated heterocycles. The van der Waals surface area contributed by atoms with Gasteiger partial charge in [-0.2, -0.15) is 0 Å². The van der Waals surface area contributed by atoms with Crippen LogP contribution in [0.4, 0.5) is 11.4 Å². The van der Waals surface area contributed by atoms with Gasteiger partial charge in [0.05, 0.1) is 11.0 Å². The van der Waals surface area contributed by atoms with Crippen molar-refractivity contribution in [2.45, 2.75) is 45.4 Å². The molecule has 13 rings (SSSR count). The first-order chi connectivity index (χ1) is 27.7. The van der Waals surface area contributed by atoms with E-state index in [1.165, 1.54) is 99.5 Å². The fourth-order valence-corrected chi connectivity index (χ4v) is 11.0. The monoisotopic (exact) mass is 730 g/mol. The van der Waals surface area contributed by atoms with E-state index in [-0.39, 0.29) is 17.7 Å². The lowest BCUT2D eigenvalue weighted by Gasteiger charge is -2.42. The highest BCUT2D eigenvalue weighted by atomic mass is 16.3. The van der Waals surface area contributed by atoms with Crippen molar-refractivity contribution < 1.29 is 4.42 Å². The van der Waals surface area contributed by atoms with E-state index < -0.39 is 0 Å². The van der Waals surface area contributed by atoms with E-state index in [1.807, 2.05) is 0 Å². The molecular formula is C53H39BN2O. The molecule has 4 heteroatoms. The summed E-state index contributed by atoms with van der Waals surface area (Å²) in [6.07, 6.45) is 0. The van der Waals surface area contributed by atoms with Crippen molar-refractivity contribution in [2.75, 3.05) is 4.81 Å². The maximum absolute atomic E-state index is 6.71. The molecule has 0 fully saturated rings. The Morgan fingerprint density at radius 3 is 2.16 bits per heavy atom. The Morgan fingerprint density at radius 2 is 1.33 bits per heavy atom. The van der Waals surface area contributed by atoms with Crippen molar-refractivity contribution in [3.8, 4) is 27.9 Å². The molecule has 0 bridgehead atoms. The Bertz CT molecular complexity index is 3430. The van der Waals surface area contributed by atoms with Gasteiger partial charge in [0.2, 0.25) is 0 Å². The number of rotatable bonds is 1. The van der Waals surface area contributed by atoms with Gasteiger partial charge < -0.3 is 13.8 Å². The summed E-state index contributed by atoms with van der Waals surface area (Å²) in [6.45, 7) is 11.6. The van der Waals surface area contributed by atoms with Crippen molar-refractivity contribution in [2.24, 2.45) is 0 Å². The molecule has 0 radical (unpaired) electrons. The lowest BCUT2D eigenvalue weighted by atomic mass is 9.44. The molecule has 2 aromatic heterocycles. The molecule has 8 aromatic carbocycles. The summed E-state index contributed by atoms with van der Waals surface area (Å²) in [5, 5.41) is 7.45. The summed E-state index contributed by atoms with van der Waals surface area (Å²) in [6, 6.07) is 55.0. The van der Waals surface area contributed by atoms with Crippen LogP contribution in [-0.4, -0.2) is 11.4 Å². The Morgan fingerprint density at radius 1 is 0.579 bits per heavy atom. The second kappa shape index (κ2) is 10.5. The lowest BCUT2D eigenvalue weighted by molar-refractivity contribution is 0.590. The molecule has 270 valence electrons. The topological polar surface area (TPSA) is 21.3 Å². The first-order valence-corrected chi connectivity index (χ1v) is 20.3. The average Bonchev–Trinajstić information content (AvgIpc) is 3.84. The van der Waals surface area contributed by atoms with Gasteiger partial charge >= 0.3 is 6.85 Å². The van der Waals surface area contributed by atoms with E-state index >= 15 is 0 Å². The van der Waals surface area contributed by atoms with Crippen LogP contribution >= 0.6 is 0 Å². The fraction of sp³-hybridized carbons (Fsp3) is 0.132.